The van der Waals surface area contributed by atoms with Gasteiger partial charge < -0.3 is 15.5 Å². The minimum absolute atomic E-state index is 0.0142. The molecule has 2 aromatic rings. The highest BCUT2D eigenvalue weighted by Gasteiger charge is 2.38. The predicted molar refractivity (Wildman–Crippen MR) is 65.8 cm³/mol. The van der Waals surface area contributed by atoms with Gasteiger partial charge in [-0.15, -0.1) is 5.10 Å². The van der Waals surface area contributed by atoms with Crippen LogP contribution in [0.15, 0.2) is 22.6 Å². The van der Waals surface area contributed by atoms with Crippen LogP contribution < -0.4 is 11.1 Å². The summed E-state index contributed by atoms with van der Waals surface area (Å²) in [6.45, 7) is 3.75. The second kappa shape index (κ2) is 3.32. The van der Waals surface area contributed by atoms with Gasteiger partial charge in [0.05, 0.1) is 5.41 Å². The molecule has 18 heavy (non-hydrogen) atoms. The molecule has 0 atom stereocenters. The lowest BCUT2D eigenvalue weighted by molar-refractivity contribution is -0.119. The summed E-state index contributed by atoms with van der Waals surface area (Å²) < 4.78 is 5.17. The van der Waals surface area contributed by atoms with Crippen molar-refractivity contribution < 1.29 is 9.21 Å². The fourth-order valence-corrected chi connectivity index (χ4v) is 2.06. The van der Waals surface area contributed by atoms with Crippen molar-refractivity contribution in [3.8, 4) is 11.5 Å². The van der Waals surface area contributed by atoms with E-state index in [1.807, 2.05) is 32.0 Å². The summed E-state index contributed by atoms with van der Waals surface area (Å²) in [7, 11) is 0. The Hall–Kier alpha value is -2.37. The van der Waals surface area contributed by atoms with Crippen LogP contribution in [-0.2, 0) is 10.2 Å². The molecule has 2 heterocycles. The third-order valence-corrected chi connectivity index (χ3v) is 3.20. The normalized spacial score (nSPS) is 16.4. The second-order valence-corrected chi connectivity index (χ2v) is 4.78. The monoisotopic (exact) mass is 244 g/mol. The van der Waals surface area contributed by atoms with Crippen LogP contribution in [0.3, 0.4) is 0 Å². The van der Waals surface area contributed by atoms with Crippen LogP contribution in [0.25, 0.3) is 11.5 Å². The molecule has 1 amide bonds. The van der Waals surface area contributed by atoms with Crippen molar-refractivity contribution in [3.63, 3.8) is 0 Å². The van der Waals surface area contributed by atoms with E-state index in [0.29, 0.717) is 5.89 Å². The standard InChI is InChI=1S/C12H12N4O2/c1-12(2)7-5-6(9-15-16-11(13)18-9)3-4-8(7)14-10(12)17/h3-5H,1-2H3,(H2,13,16)(H,14,17). The fourth-order valence-electron chi connectivity index (χ4n) is 2.06. The number of nitrogens with zero attached hydrogens (tertiary/aromatic N) is 2. The minimum atomic E-state index is -0.559. The Bertz CT molecular complexity index is 645. The number of amides is 1. The number of benzene rings is 1. The Morgan fingerprint density at radius 3 is 2.78 bits per heavy atom. The molecule has 0 spiro atoms. The molecule has 0 radical (unpaired) electrons. The van der Waals surface area contributed by atoms with Crippen molar-refractivity contribution in [3.05, 3.63) is 23.8 Å². The van der Waals surface area contributed by atoms with Crippen LogP contribution in [0, 0.1) is 0 Å². The van der Waals surface area contributed by atoms with E-state index in [1.165, 1.54) is 0 Å². The summed E-state index contributed by atoms with van der Waals surface area (Å²) in [5.74, 6) is 0.338. The molecule has 3 N–H and O–H groups in total. The molecule has 6 heteroatoms. The maximum Gasteiger partial charge on any atom is 0.313 e. The number of aromatic nitrogens is 2. The predicted octanol–water partition coefficient (Wildman–Crippen LogP) is 1.55. The Balaban J connectivity index is 2.13. The first-order valence-electron chi connectivity index (χ1n) is 5.54. The van der Waals surface area contributed by atoms with Gasteiger partial charge >= 0.3 is 6.01 Å². The van der Waals surface area contributed by atoms with Crippen LogP contribution in [0.4, 0.5) is 11.7 Å². The highest BCUT2D eigenvalue weighted by Crippen LogP contribution is 2.39. The molecule has 6 nitrogen and oxygen atoms in total. The molecule has 0 aliphatic carbocycles. The molecular weight excluding hydrogens is 232 g/mol. The molecule has 0 unspecified atom stereocenters. The first kappa shape index (κ1) is 10.8. The SMILES string of the molecule is CC1(C)C(=O)Nc2ccc(-c3nnc(N)o3)cc21. The topological polar surface area (TPSA) is 94.0 Å². The van der Waals surface area contributed by atoms with E-state index >= 15 is 0 Å². The number of carbonyl (C=O) groups excluding carboxylic acids is 1. The summed E-state index contributed by atoms with van der Waals surface area (Å²) >= 11 is 0. The van der Waals surface area contributed by atoms with Gasteiger partial charge in [0.25, 0.3) is 0 Å². The molecule has 92 valence electrons. The van der Waals surface area contributed by atoms with Gasteiger partial charge in [-0.05, 0) is 37.6 Å². The lowest BCUT2D eigenvalue weighted by Gasteiger charge is -2.15. The first-order valence-corrected chi connectivity index (χ1v) is 5.54. The average Bonchev–Trinajstić information content (AvgIpc) is 2.83. The average molecular weight is 244 g/mol. The van der Waals surface area contributed by atoms with Crippen LogP contribution in [0.5, 0.6) is 0 Å². The van der Waals surface area contributed by atoms with Gasteiger partial charge in [-0.2, -0.15) is 0 Å². The summed E-state index contributed by atoms with van der Waals surface area (Å²) in [6, 6.07) is 5.55. The number of nitrogen functional groups attached to an aromatic ring is 1. The number of hydrogen-bond acceptors (Lipinski definition) is 5. The molecule has 0 saturated carbocycles. The summed E-state index contributed by atoms with van der Waals surface area (Å²) in [5, 5.41) is 10.3. The molecule has 0 fully saturated rings. The fraction of sp³-hybridized carbons (Fsp3) is 0.250. The number of nitrogens with one attached hydrogen (secondary N) is 1. The number of rotatable bonds is 1. The van der Waals surface area contributed by atoms with Crippen LogP contribution in [0.2, 0.25) is 0 Å². The molecule has 0 saturated heterocycles. The van der Waals surface area contributed by atoms with Gasteiger partial charge in [-0.1, -0.05) is 5.10 Å². The van der Waals surface area contributed by atoms with Crippen LogP contribution in [0.1, 0.15) is 19.4 Å². The highest BCUT2D eigenvalue weighted by atomic mass is 16.4. The number of anilines is 2. The van der Waals surface area contributed by atoms with Crippen molar-refractivity contribution in [2.75, 3.05) is 11.1 Å². The molecule has 1 aliphatic rings. The van der Waals surface area contributed by atoms with Gasteiger partial charge in [-0.3, -0.25) is 4.79 Å². The van der Waals surface area contributed by atoms with Gasteiger partial charge in [0, 0.05) is 11.3 Å². The van der Waals surface area contributed by atoms with Gasteiger partial charge in [0.1, 0.15) is 0 Å². The first-order chi connectivity index (χ1) is 8.48. The zero-order valence-electron chi connectivity index (χ0n) is 10.0. The van der Waals surface area contributed by atoms with E-state index < -0.39 is 5.41 Å². The number of fused-ring (bicyclic) bond motifs is 1. The van der Waals surface area contributed by atoms with E-state index in [-0.39, 0.29) is 11.9 Å². The van der Waals surface area contributed by atoms with Gasteiger partial charge in [0.15, 0.2) is 0 Å². The van der Waals surface area contributed by atoms with Crippen molar-refractivity contribution >= 4 is 17.6 Å². The van der Waals surface area contributed by atoms with E-state index in [2.05, 4.69) is 15.5 Å². The minimum Gasteiger partial charge on any atom is -0.404 e. The van der Waals surface area contributed by atoms with E-state index in [9.17, 15) is 4.79 Å². The van der Waals surface area contributed by atoms with E-state index in [4.69, 9.17) is 10.2 Å². The largest absolute Gasteiger partial charge is 0.404 e. The van der Waals surface area contributed by atoms with Crippen molar-refractivity contribution in [1.82, 2.24) is 10.2 Å². The number of nitrogens with two attached hydrogens (primary N) is 1. The summed E-state index contributed by atoms with van der Waals surface area (Å²) in [4.78, 5) is 11.8. The maximum atomic E-state index is 11.8. The highest BCUT2D eigenvalue weighted by molar-refractivity contribution is 6.06. The second-order valence-electron chi connectivity index (χ2n) is 4.78. The number of carbonyl (C=O) groups is 1. The smallest absolute Gasteiger partial charge is 0.313 e. The van der Waals surface area contributed by atoms with Crippen LogP contribution in [-0.4, -0.2) is 16.1 Å². The lowest BCUT2D eigenvalue weighted by atomic mass is 9.85. The third-order valence-electron chi connectivity index (χ3n) is 3.20. The summed E-state index contributed by atoms with van der Waals surface area (Å²) in [5.41, 5.74) is 7.33. The molecular formula is C12H12N4O2. The van der Waals surface area contributed by atoms with Crippen molar-refractivity contribution in [1.29, 1.82) is 0 Å². The van der Waals surface area contributed by atoms with Crippen molar-refractivity contribution in [2.24, 2.45) is 0 Å². The Labute approximate surface area is 103 Å². The van der Waals surface area contributed by atoms with Gasteiger partial charge in [0.2, 0.25) is 11.8 Å². The Morgan fingerprint density at radius 2 is 2.11 bits per heavy atom. The lowest BCUT2D eigenvalue weighted by Crippen LogP contribution is -2.26. The van der Waals surface area contributed by atoms with E-state index in [0.717, 1.165) is 16.8 Å². The summed E-state index contributed by atoms with van der Waals surface area (Å²) in [6.07, 6.45) is 0. The zero-order valence-corrected chi connectivity index (χ0v) is 10.0. The molecule has 1 aliphatic heterocycles. The zero-order chi connectivity index (χ0) is 12.9. The van der Waals surface area contributed by atoms with E-state index in [1.54, 1.807) is 0 Å². The van der Waals surface area contributed by atoms with Crippen molar-refractivity contribution in [2.45, 2.75) is 19.3 Å². The molecule has 3 rings (SSSR count). The molecule has 1 aromatic carbocycles. The van der Waals surface area contributed by atoms with Crippen LogP contribution >= 0.6 is 0 Å². The third kappa shape index (κ3) is 1.38. The van der Waals surface area contributed by atoms with Gasteiger partial charge in [-0.25, -0.2) is 0 Å². The molecule has 1 aromatic heterocycles. The Kier molecular flexibility index (Phi) is 1.98. The Morgan fingerprint density at radius 1 is 1.33 bits per heavy atom. The molecule has 0 bridgehead atoms. The quantitative estimate of drug-likeness (QED) is 0.793. The maximum absolute atomic E-state index is 11.8. The number of hydrogen-bond donors (Lipinski definition) is 2.